The van der Waals surface area contributed by atoms with E-state index in [2.05, 4.69) is 5.32 Å². The molecule has 0 saturated carbocycles. The monoisotopic (exact) mass is 201 g/mol. The van der Waals surface area contributed by atoms with E-state index in [1.54, 1.807) is 14.0 Å². The Labute approximate surface area is 84.6 Å². The molecule has 0 radical (unpaired) electrons. The molecular weight excluding hydrogens is 182 g/mol. The van der Waals surface area contributed by atoms with Gasteiger partial charge in [-0.15, -0.1) is 0 Å². The van der Waals surface area contributed by atoms with E-state index in [1.807, 2.05) is 13.8 Å². The van der Waals surface area contributed by atoms with E-state index in [0.717, 1.165) is 0 Å². The van der Waals surface area contributed by atoms with E-state index >= 15 is 0 Å². The predicted octanol–water partition coefficient (Wildman–Crippen LogP) is -0.683. The molecule has 0 aromatic carbocycles. The molecule has 14 heavy (non-hydrogen) atoms. The second kappa shape index (κ2) is 5.59. The first-order chi connectivity index (χ1) is 6.34. The van der Waals surface area contributed by atoms with Crippen LogP contribution >= 0.6 is 0 Å². The van der Waals surface area contributed by atoms with Crippen LogP contribution < -0.4 is 11.1 Å². The first-order valence-electron chi connectivity index (χ1n) is 4.64. The number of hydrogen-bond acceptors (Lipinski definition) is 3. The molecule has 0 aliphatic heterocycles. The quantitative estimate of drug-likeness (QED) is 0.632. The summed E-state index contributed by atoms with van der Waals surface area (Å²) in [5, 5.41) is 2.69. The third-order valence-corrected chi connectivity index (χ3v) is 1.60. The zero-order valence-corrected chi connectivity index (χ0v) is 9.20. The number of hydrogen-bond donors (Lipinski definition) is 2. The average molecular weight is 201 g/mol. The molecule has 0 saturated heterocycles. The van der Waals surface area contributed by atoms with Gasteiger partial charge in [-0.1, -0.05) is 0 Å². The van der Waals surface area contributed by atoms with Gasteiger partial charge in [0.15, 0.2) is 0 Å². The van der Waals surface area contributed by atoms with E-state index in [-0.39, 0.29) is 24.4 Å². The molecule has 0 rings (SSSR count). The van der Waals surface area contributed by atoms with Crippen LogP contribution in [0.4, 0.5) is 0 Å². The summed E-state index contributed by atoms with van der Waals surface area (Å²) in [6.45, 7) is 5.38. The Bertz CT molecular complexity index is 214. The van der Waals surface area contributed by atoms with Crippen LogP contribution in [0.1, 0.15) is 20.8 Å². The molecule has 0 aliphatic carbocycles. The van der Waals surface area contributed by atoms with Crippen molar-refractivity contribution in [1.82, 2.24) is 10.2 Å². The molecule has 2 amide bonds. The molecule has 0 unspecified atom stereocenters. The van der Waals surface area contributed by atoms with Gasteiger partial charge in [0.2, 0.25) is 11.8 Å². The summed E-state index contributed by atoms with van der Waals surface area (Å²) in [6.07, 6.45) is 0. The van der Waals surface area contributed by atoms with Crippen molar-refractivity contribution >= 4 is 11.8 Å². The second-order valence-corrected chi connectivity index (χ2v) is 3.71. The lowest BCUT2D eigenvalue weighted by Crippen LogP contribution is -2.45. The third kappa shape index (κ3) is 4.81. The average Bonchev–Trinajstić information content (AvgIpc) is 2.00. The van der Waals surface area contributed by atoms with Gasteiger partial charge in [0.25, 0.3) is 0 Å². The number of nitrogens with two attached hydrogens (primary N) is 1. The van der Waals surface area contributed by atoms with Crippen molar-refractivity contribution < 1.29 is 9.59 Å². The standard InChI is InChI=1S/C9H19N3O2/c1-6(2)11-8(13)5-12(4)9(14)7(3)10/h6-7H,5,10H2,1-4H3,(H,11,13)/t7-/m1/s1. The molecule has 5 nitrogen and oxygen atoms in total. The second-order valence-electron chi connectivity index (χ2n) is 3.71. The number of nitrogens with one attached hydrogen (secondary N) is 1. The lowest BCUT2D eigenvalue weighted by molar-refractivity contribution is -0.135. The molecule has 0 spiro atoms. The number of carbonyl (C=O) groups excluding carboxylic acids is 2. The van der Waals surface area contributed by atoms with Crippen LogP contribution in [-0.2, 0) is 9.59 Å². The molecule has 0 aromatic heterocycles. The number of amides is 2. The fourth-order valence-corrected chi connectivity index (χ4v) is 1.01. The van der Waals surface area contributed by atoms with Crippen LogP contribution in [-0.4, -0.2) is 42.4 Å². The molecule has 3 N–H and O–H groups in total. The number of rotatable bonds is 4. The van der Waals surface area contributed by atoms with Crippen molar-refractivity contribution in [3.8, 4) is 0 Å². The predicted molar refractivity (Wildman–Crippen MR) is 54.6 cm³/mol. The van der Waals surface area contributed by atoms with E-state index in [9.17, 15) is 9.59 Å². The first-order valence-corrected chi connectivity index (χ1v) is 4.64. The molecular formula is C9H19N3O2. The van der Waals surface area contributed by atoms with Crippen molar-refractivity contribution in [1.29, 1.82) is 0 Å². The minimum absolute atomic E-state index is 0.0541. The highest BCUT2D eigenvalue weighted by atomic mass is 16.2. The van der Waals surface area contributed by atoms with Gasteiger partial charge in [0, 0.05) is 13.1 Å². The Morgan fingerprint density at radius 3 is 2.21 bits per heavy atom. The van der Waals surface area contributed by atoms with Gasteiger partial charge in [0.05, 0.1) is 12.6 Å². The molecule has 0 heterocycles. The Hall–Kier alpha value is -1.10. The maximum Gasteiger partial charge on any atom is 0.239 e. The fourth-order valence-electron chi connectivity index (χ4n) is 1.01. The summed E-state index contributed by atoms with van der Waals surface area (Å²) in [7, 11) is 1.56. The Morgan fingerprint density at radius 2 is 1.86 bits per heavy atom. The topological polar surface area (TPSA) is 75.4 Å². The van der Waals surface area contributed by atoms with Crippen LogP contribution in [0.2, 0.25) is 0 Å². The molecule has 0 fully saturated rings. The highest BCUT2D eigenvalue weighted by Gasteiger charge is 2.16. The van der Waals surface area contributed by atoms with Gasteiger partial charge in [0.1, 0.15) is 0 Å². The van der Waals surface area contributed by atoms with E-state index in [1.165, 1.54) is 4.90 Å². The minimum atomic E-state index is -0.563. The van der Waals surface area contributed by atoms with Gasteiger partial charge >= 0.3 is 0 Å². The lowest BCUT2D eigenvalue weighted by Gasteiger charge is -2.19. The van der Waals surface area contributed by atoms with Crippen molar-refractivity contribution in [2.45, 2.75) is 32.9 Å². The van der Waals surface area contributed by atoms with Crippen molar-refractivity contribution in [3.05, 3.63) is 0 Å². The molecule has 0 aliphatic rings. The summed E-state index contributed by atoms with van der Waals surface area (Å²) in [4.78, 5) is 23.9. The normalized spacial score (nSPS) is 12.4. The van der Waals surface area contributed by atoms with Crippen LogP contribution in [0.15, 0.2) is 0 Å². The van der Waals surface area contributed by atoms with E-state index in [0.29, 0.717) is 0 Å². The van der Waals surface area contributed by atoms with Gasteiger partial charge in [-0.2, -0.15) is 0 Å². The largest absolute Gasteiger partial charge is 0.352 e. The maximum absolute atomic E-state index is 11.3. The molecule has 0 aromatic rings. The highest BCUT2D eigenvalue weighted by molar-refractivity contribution is 5.87. The zero-order chi connectivity index (χ0) is 11.3. The summed E-state index contributed by atoms with van der Waals surface area (Å²) in [5.41, 5.74) is 5.39. The molecule has 5 heteroatoms. The van der Waals surface area contributed by atoms with Gasteiger partial charge < -0.3 is 16.0 Å². The number of carbonyl (C=O) groups is 2. The van der Waals surface area contributed by atoms with Gasteiger partial charge in [-0.3, -0.25) is 9.59 Å². The maximum atomic E-state index is 11.3. The first kappa shape index (κ1) is 12.9. The van der Waals surface area contributed by atoms with Crippen molar-refractivity contribution in [2.24, 2.45) is 5.73 Å². The van der Waals surface area contributed by atoms with Crippen LogP contribution in [0.3, 0.4) is 0 Å². The number of nitrogens with zero attached hydrogens (tertiary/aromatic N) is 1. The van der Waals surface area contributed by atoms with Crippen molar-refractivity contribution in [2.75, 3.05) is 13.6 Å². The smallest absolute Gasteiger partial charge is 0.239 e. The van der Waals surface area contributed by atoms with Gasteiger partial charge in [-0.05, 0) is 20.8 Å². The van der Waals surface area contributed by atoms with Gasteiger partial charge in [-0.25, -0.2) is 0 Å². The lowest BCUT2D eigenvalue weighted by atomic mass is 10.3. The molecule has 1 atom stereocenters. The fraction of sp³-hybridized carbons (Fsp3) is 0.778. The Kier molecular flexibility index (Phi) is 5.15. The number of likely N-dealkylation sites (N-methyl/N-ethyl adjacent to an activating group) is 1. The summed E-state index contributed by atoms with van der Waals surface area (Å²) in [6, 6.07) is -0.479. The third-order valence-electron chi connectivity index (χ3n) is 1.60. The summed E-state index contributed by atoms with van der Waals surface area (Å²) >= 11 is 0. The van der Waals surface area contributed by atoms with Crippen molar-refractivity contribution in [3.63, 3.8) is 0 Å². The Morgan fingerprint density at radius 1 is 1.36 bits per heavy atom. The van der Waals surface area contributed by atoms with E-state index in [4.69, 9.17) is 5.73 Å². The highest BCUT2D eigenvalue weighted by Crippen LogP contribution is 1.89. The van der Waals surface area contributed by atoms with E-state index < -0.39 is 6.04 Å². The zero-order valence-electron chi connectivity index (χ0n) is 9.20. The minimum Gasteiger partial charge on any atom is -0.352 e. The molecule has 0 bridgehead atoms. The van der Waals surface area contributed by atoms with Crippen LogP contribution in [0, 0.1) is 0 Å². The summed E-state index contributed by atoms with van der Waals surface area (Å²) < 4.78 is 0. The Balaban J connectivity index is 4.00. The van der Waals surface area contributed by atoms with Crippen LogP contribution in [0.25, 0.3) is 0 Å². The molecule has 82 valence electrons. The van der Waals surface area contributed by atoms with Crippen LogP contribution in [0.5, 0.6) is 0 Å². The summed E-state index contributed by atoms with van der Waals surface area (Å²) in [5.74, 6) is -0.402. The SMILES string of the molecule is CC(C)NC(=O)CN(C)C(=O)[C@@H](C)N.